The van der Waals surface area contributed by atoms with E-state index < -0.39 is 0 Å². The molecule has 0 aliphatic carbocycles. The molecule has 0 N–H and O–H groups in total. The van der Waals surface area contributed by atoms with Gasteiger partial charge in [0.1, 0.15) is 17.5 Å². The SMILES string of the molecule is O=C(c1ccccn1)N1CCC[C@]2(C[C@H](Oc3cccnc3)CO2)C1. The molecule has 0 bridgehead atoms. The Labute approximate surface area is 146 Å². The lowest BCUT2D eigenvalue weighted by Gasteiger charge is -2.39. The summed E-state index contributed by atoms with van der Waals surface area (Å²) in [7, 11) is 0. The van der Waals surface area contributed by atoms with Crippen molar-refractivity contribution in [2.24, 2.45) is 0 Å². The summed E-state index contributed by atoms with van der Waals surface area (Å²) in [6.07, 6.45) is 7.74. The Morgan fingerprint density at radius 1 is 1.28 bits per heavy atom. The molecule has 0 unspecified atom stereocenters. The molecule has 1 spiro atoms. The highest BCUT2D eigenvalue weighted by Crippen LogP contribution is 2.36. The van der Waals surface area contributed by atoms with Crippen molar-refractivity contribution in [1.82, 2.24) is 14.9 Å². The molecule has 0 aromatic carbocycles. The summed E-state index contributed by atoms with van der Waals surface area (Å²) < 4.78 is 12.1. The quantitative estimate of drug-likeness (QED) is 0.859. The molecule has 2 aliphatic rings. The van der Waals surface area contributed by atoms with Gasteiger partial charge in [-0.2, -0.15) is 0 Å². The number of likely N-dealkylation sites (tertiary alicyclic amines) is 1. The molecule has 0 saturated carbocycles. The molecular weight excluding hydrogens is 318 g/mol. The first-order chi connectivity index (χ1) is 12.2. The van der Waals surface area contributed by atoms with Gasteiger partial charge in [-0.25, -0.2) is 0 Å². The van der Waals surface area contributed by atoms with Crippen LogP contribution in [0.1, 0.15) is 29.8 Å². The first-order valence-electron chi connectivity index (χ1n) is 8.65. The third kappa shape index (κ3) is 3.49. The molecule has 2 aromatic heterocycles. The standard InChI is InChI=1S/C19H21N3O3/c23-18(17-6-1-2-9-21-17)22-10-4-7-19(14-22)11-16(13-24-19)25-15-5-3-8-20-12-15/h1-3,5-6,8-9,12,16H,4,7,10-11,13-14H2/t16-,19-/m0/s1. The highest BCUT2D eigenvalue weighted by Gasteiger charge is 2.45. The predicted molar refractivity (Wildman–Crippen MR) is 91.3 cm³/mol. The molecular formula is C19H21N3O3. The van der Waals surface area contributed by atoms with Gasteiger partial charge in [-0.05, 0) is 37.1 Å². The summed E-state index contributed by atoms with van der Waals surface area (Å²) in [4.78, 5) is 22.8. The van der Waals surface area contributed by atoms with Crippen LogP contribution in [0.4, 0.5) is 0 Å². The first-order valence-corrected chi connectivity index (χ1v) is 8.65. The summed E-state index contributed by atoms with van der Waals surface area (Å²) in [6.45, 7) is 1.88. The number of nitrogens with zero attached hydrogens (tertiary/aromatic N) is 3. The van der Waals surface area contributed by atoms with E-state index in [1.54, 1.807) is 24.7 Å². The van der Waals surface area contributed by atoms with Crippen LogP contribution in [0.25, 0.3) is 0 Å². The Kier molecular flexibility index (Phi) is 4.36. The van der Waals surface area contributed by atoms with Gasteiger partial charge in [0, 0.05) is 25.4 Å². The lowest BCUT2D eigenvalue weighted by Crippen LogP contribution is -2.50. The fourth-order valence-corrected chi connectivity index (χ4v) is 3.69. The summed E-state index contributed by atoms with van der Waals surface area (Å²) >= 11 is 0. The molecule has 2 saturated heterocycles. The Morgan fingerprint density at radius 2 is 2.24 bits per heavy atom. The summed E-state index contributed by atoms with van der Waals surface area (Å²) in [6, 6.07) is 9.16. The van der Waals surface area contributed by atoms with Gasteiger partial charge in [-0.15, -0.1) is 0 Å². The van der Waals surface area contributed by atoms with Gasteiger partial charge in [0.25, 0.3) is 5.91 Å². The van der Waals surface area contributed by atoms with Crippen molar-refractivity contribution < 1.29 is 14.3 Å². The van der Waals surface area contributed by atoms with E-state index in [0.717, 1.165) is 31.6 Å². The van der Waals surface area contributed by atoms with Crippen molar-refractivity contribution in [3.63, 3.8) is 0 Å². The van der Waals surface area contributed by atoms with E-state index in [-0.39, 0.29) is 17.6 Å². The van der Waals surface area contributed by atoms with Gasteiger partial charge < -0.3 is 14.4 Å². The van der Waals surface area contributed by atoms with Crippen LogP contribution in [0.2, 0.25) is 0 Å². The molecule has 0 radical (unpaired) electrons. The number of hydrogen-bond donors (Lipinski definition) is 0. The molecule has 2 aromatic rings. The van der Waals surface area contributed by atoms with Crippen molar-refractivity contribution in [2.75, 3.05) is 19.7 Å². The van der Waals surface area contributed by atoms with E-state index in [0.29, 0.717) is 18.8 Å². The van der Waals surface area contributed by atoms with E-state index in [1.807, 2.05) is 29.2 Å². The maximum atomic E-state index is 12.7. The minimum Gasteiger partial charge on any atom is -0.486 e. The zero-order valence-corrected chi connectivity index (χ0v) is 14.0. The predicted octanol–water partition coefficient (Wildman–Crippen LogP) is 2.32. The summed E-state index contributed by atoms with van der Waals surface area (Å²) in [5.41, 5.74) is 0.177. The molecule has 130 valence electrons. The van der Waals surface area contributed by atoms with Crippen LogP contribution in [-0.2, 0) is 4.74 Å². The monoisotopic (exact) mass is 339 g/mol. The molecule has 4 heterocycles. The van der Waals surface area contributed by atoms with Crippen LogP contribution in [0.3, 0.4) is 0 Å². The van der Waals surface area contributed by atoms with Gasteiger partial charge in [0.15, 0.2) is 0 Å². The average molecular weight is 339 g/mol. The Bertz CT molecular complexity index is 725. The number of ether oxygens (including phenoxy) is 2. The van der Waals surface area contributed by atoms with Crippen molar-refractivity contribution in [1.29, 1.82) is 0 Å². The maximum Gasteiger partial charge on any atom is 0.272 e. The van der Waals surface area contributed by atoms with Crippen LogP contribution in [-0.4, -0.2) is 52.2 Å². The second-order valence-electron chi connectivity index (χ2n) is 6.67. The van der Waals surface area contributed by atoms with Gasteiger partial charge in [-0.1, -0.05) is 6.07 Å². The number of rotatable bonds is 3. The number of carbonyl (C=O) groups is 1. The number of carbonyl (C=O) groups excluding carboxylic acids is 1. The van der Waals surface area contributed by atoms with E-state index >= 15 is 0 Å². The van der Waals surface area contributed by atoms with E-state index in [4.69, 9.17) is 9.47 Å². The summed E-state index contributed by atoms with van der Waals surface area (Å²) in [5, 5.41) is 0. The molecule has 1 amide bonds. The van der Waals surface area contributed by atoms with E-state index in [1.165, 1.54) is 0 Å². The van der Waals surface area contributed by atoms with E-state index in [2.05, 4.69) is 9.97 Å². The number of pyridine rings is 2. The number of amides is 1. The molecule has 6 nitrogen and oxygen atoms in total. The van der Waals surface area contributed by atoms with Gasteiger partial charge in [0.05, 0.1) is 24.9 Å². The lowest BCUT2D eigenvalue weighted by molar-refractivity contribution is -0.0454. The topological polar surface area (TPSA) is 64.6 Å². The Hall–Kier alpha value is -2.47. The molecule has 2 fully saturated rings. The zero-order chi connectivity index (χ0) is 17.1. The normalized spacial score (nSPS) is 25.9. The minimum atomic E-state index is -0.310. The largest absolute Gasteiger partial charge is 0.486 e. The maximum absolute atomic E-state index is 12.7. The van der Waals surface area contributed by atoms with Crippen molar-refractivity contribution in [2.45, 2.75) is 31.0 Å². The molecule has 4 rings (SSSR count). The highest BCUT2D eigenvalue weighted by atomic mass is 16.6. The fourth-order valence-electron chi connectivity index (χ4n) is 3.69. The number of piperidine rings is 1. The molecule has 2 aliphatic heterocycles. The third-order valence-electron chi connectivity index (χ3n) is 4.82. The first kappa shape index (κ1) is 16.0. The summed E-state index contributed by atoms with van der Waals surface area (Å²) in [5.74, 6) is 0.727. The van der Waals surface area contributed by atoms with Crippen molar-refractivity contribution in [3.05, 3.63) is 54.6 Å². The highest BCUT2D eigenvalue weighted by molar-refractivity contribution is 5.92. The van der Waals surface area contributed by atoms with Gasteiger partial charge in [0.2, 0.25) is 0 Å². The third-order valence-corrected chi connectivity index (χ3v) is 4.82. The van der Waals surface area contributed by atoms with Crippen LogP contribution in [0.15, 0.2) is 48.9 Å². The second kappa shape index (κ2) is 6.80. The zero-order valence-electron chi connectivity index (χ0n) is 14.0. The van der Waals surface area contributed by atoms with Gasteiger partial charge >= 0.3 is 0 Å². The average Bonchev–Trinajstić information content (AvgIpc) is 3.04. The van der Waals surface area contributed by atoms with E-state index in [9.17, 15) is 4.79 Å². The van der Waals surface area contributed by atoms with Gasteiger partial charge in [-0.3, -0.25) is 14.8 Å². The van der Waals surface area contributed by atoms with Crippen LogP contribution < -0.4 is 4.74 Å². The molecule has 25 heavy (non-hydrogen) atoms. The van der Waals surface area contributed by atoms with Crippen LogP contribution in [0, 0.1) is 0 Å². The fraction of sp³-hybridized carbons (Fsp3) is 0.421. The number of hydrogen-bond acceptors (Lipinski definition) is 5. The van der Waals surface area contributed by atoms with Crippen molar-refractivity contribution in [3.8, 4) is 5.75 Å². The number of aromatic nitrogens is 2. The van der Waals surface area contributed by atoms with Crippen molar-refractivity contribution >= 4 is 5.91 Å². The Balaban J connectivity index is 1.42. The molecule has 2 atom stereocenters. The smallest absolute Gasteiger partial charge is 0.272 e. The second-order valence-corrected chi connectivity index (χ2v) is 6.67. The van der Waals surface area contributed by atoms with Crippen LogP contribution >= 0.6 is 0 Å². The molecule has 6 heteroatoms. The minimum absolute atomic E-state index is 0.00546. The lowest BCUT2D eigenvalue weighted by atomic mass is 9.89. The Morgan fingerprint density at radius 3 is 3.04 bits per heavy atom. The van der Waals surface area contributed by atoms with Crippen LogP contribution in [0.5, 0.6) is 5.75 Å².